The number of nitrogens with one attached hydrogen (secondary N) is 1. The van der Waals surface area contributed by atoms with E-state index in [4.69, 9.17) is 4.42 Å². The fourth-order valence-electron chi connectivity index (χ4n) is 2.65. The lowest BCUT2D eigenvalue weighted by Gasteiger charge is -2.06. The Bertz CT molecular complexity index is 882. The zero-order chi connectivity index (χ0) is 16.5. The number of carbonyl (C=O) groups is 1. The Labute approximate surface area is 144 Å². The summed E-state index contributed by atoms with van der Waals surface area (Å²) in [5.74, 6) is 2.14. The van der Waals surface area contributed by atoms with E-state index >= 15 is 0 Å². The van der Waals surface area contributed by atoms with Gasteiger partial charge in [-0.25, -0.2) is 4.98 Å². The zero-order valence-corrected chi connectivity index (χ0v) is 14.2. The summed E-state index contributed by atoms with van der Waals surface area (Å²) < 4.78 is 5.75. The van der Waals surface area contributed by atoms with E-state index in [0.717, 1.165) is 41.3 Å². The van der Waals surface area contributed by atoms with Gasteiger partial charge in [0.05, 0.1) is 0 Å². The van der Waals surface area contributed by atoms with Crippen molar-refractivity contribution in [2.75, 3.05) is 11.6 Å². The zero-order valence-electron chi connectivity index (χ0n) is 13.4. The van der Waals surface area contributed by atoms with Crippen LogP contribution in [0.2, 0.25) is 0 Å². The molecular weight excluding hydrogens is 320 g/mol. The molecule has 0 aliphatic heterocycles. The SMILES string of the molecule is CSCc1ccc(C(=O)Nc2ccc3oc(C4CC4)nc3c2)cc1. The van der Waals surface area contributed by atoms with Crippen molar-refractivity contribution < 1.29 is 9.21 Å². The Morgan fingerprint density at radius 2 is 2.04 bits per heavy atom. The third-order valence-corrected chi connectivity index (χ3v) is 4.74. The number of fused-ring (bicyclic) bond motifs is 1. The van der Waals surface area contributed by atoms with Crippen LogP contribution in [0.25, 0.3) is 11.1 Å². The Kier molecular flexibility index (Phi) is 4.02. The Hall–Kier alpha value is -2.27. The van der Waals surface area contributed by atoms with Crippen LogP contribution in [-0.4, -0.2) is 17.1 Å². The number of rotatable bonds is 5. The van der Waals surface area contributed by atoms with Gasteiger partial charge >= 0.3 is 0 Å². The first-order valence-corrected chi connectivity index (χ1v) is 9.42. The highest BCUT2D eigenvalue weighted by atomic mass is 32.2. The lowest BCUT2D eigenvalue weighted by atomic mass is 10.1. The van der Waals surface area contributed by atoms with Gasteiger partial charge in [0.15, 0.2) is 11.5 Å². The van der Waals surface area contributed by atoms with Crippen molar-refractivity contribution in [2.45, 2.75) is 24.5 Å². The summed E-state index contributed by atoms with van der Waals surface area (Å²) >= 11 is 1.76. The predicted molar refractivity (Wildman–Crippen MR) is 97.6 cm³/mol. The highest BCUT2D eigenvalue weighted by molar-refractivity contribution is 7.97. The van der Waals surface area contributed by atoms with E-state index in [1.54, 1.807) is 11.8 Å². The number of carbonyl (C=O) groups excluding carboxylic acids is 1. The molecule has 1 amide bonds. The van der Waals surface area contributed by atoms with Gasteiger partial charge in [-0.15, -0.1) is 0 Å². The maximum absolute atomic E-state index is 12.4. The summed E-state index contributed by atoms with van der Waals surface area (Å²) in [5.41, 5.74) is 4.17. The van der Waals surface area contributed by atoms with Gasteiger partial charge < -0.3 is 9.73 Å². The maximum atomic E-state index is 12.4. The van der Waals surface area contributed by atoms with Crippen molar-refractivity contribution in [2.24, 2.45) is 0 Å². The molecule has 122 valence electrons. The van der Waals surface area contributed by atoms with Crippen molar-refractivity contribution in [3.05, 3.63) is 59.5 Å². The average Bonchev–Trinajstić information content (AvgIpc) is 3.35. The maximum Gasteiger partial charge on any atom is 0.255 e. The van der Waals surface area contributed by atoms with Crippen LogP contribution in [0.4, 0.5) is 5.69 Å². The van der Waals surface area contributed by atoms with E-state index < -0.39 is 0 Å². The number of benzene rings is 2. The minimum absolute atomic E-state index is 0.115. The molecule has 1 fully saturated rings. The number of hydrogen-bond acceptors (Lipinski definition) is 4. The third-order valence-electron chi connectivity index (χ3n) is 4.12. The Morgan fingerprint density at radius 1 is 1.25 bits per heavy atom. The molecule has 3 aromatic rings. The summed E-state index contributed by atoms with van der Waals surface area (Å²) in [6.07, 6.45) is 4.38. The van der Waals surface area contributed by atoms with Gasteiger partial charge in [-0.1, -0.05) is 12.1 Å². The van der Waals surface area contributed by atoms with Gasteiger partial charge in [0.1, 0.15) is 5.52 Å². The van der Waals surface area contributed by atoms with E-state index in [9.17, 15) is 4.79 Å². The van der Waals surface area contributed by atoms with Gasteiger partial charge in [-0.2, -0.15) is 11.8 Å². The molecule has 0 bridgehead atoms. The number of hydrogen-bond donors (Lipinski definition) is 1. The largest absolute Gasteiger partial charge is 0.440 e. The topological polar surface area (TPSA) is 55.1 Å². The molecule has 1 aliphatic rings. The fraction of sp³-hybridized carbons (Fsp3) is 0.263. The van der Waals surface area contributed by atoms with E-state index in [-0.39, 0.29) is 5.91 Å². The van der Waals surface area contributed by atoms with Gasteiger partial charge in [0.25, 0.3) is 5.91 Å². The summed E-state index contributed by atoms with van der Waals surface area (Å²) in [4.78, 5) is 16.9. The lowest BCUT2D eigenvalue weighted by Crippen LogP contribution is -2.11. The van der Waals surface area contributed by atoms with Crippen molar-refractivity contribution in [3.8, 4) is 0 Å². The molecule has 1 saturated carbocycles. The van der Waals surface area contributed by atoms with Crippen molar-refractivity contribution >= 4 is 34.5 Å². The Morgan fingerprint density at radius 3 is 2.75 bits per heavy atom. The molecule has 0 spiro atoms. The second-order valence-electron chi connectivity index (χ2n) is 6.09. The van der Waals surface area contributed by atoms with Crippen LogP contribution in [-0.2, 0) is 5.75 Å². The van der Waals surface area contributed by atoms with Crippen molar-refractivity contribution in [1.29, 1.82) is 0 Å². The lowest BCUT2D eigenvalue weighted by molar-refractivity contribution is 0.102. The van der Waals surface area contributed by atoms with Crippen LogP contribution < -0.4 is 5.32 Å². The van der Waals surface area contributed by atoms with Gasteiger partial charge in [0.2, 0.25) is 0 Å². The van der Waals surface area contributed by atoms with Crippen LogP contribution in [0, 0.1) is 0 Å². The molecule has 0 atom stereocenters. The van der Waals surface area contributed by atoms with Gasteiger partial charge in [-0.05, 0) is 55.0 Å². The molecule has 1 N–H and O–H groups in total. The third kappa shape index (κ3) is 3.17. The van der Waals surface area contributed by atoms with Crippen LogP contribution in [0.3, 0.4) is 0 Å². The predicted octanol–water partition coefficient (Wildman–Crippen LogP) is 4.82. The minimum atomic E-state index is -0.115. The molecule has 2 aromatic carbocycles. The molecule has 0 saturated heterocycles. The van der Waals surface area contributed by atoms with Crippen molar-refractivity contribution in [1.82, 2.24) is 4.98 Å². The van der Waals surface area contributed by atoms with Crippen molar-refractivity contribution in [3.63, 3.8) is 0 Å². The molecule has 0 radical (unpaired) electrons. The molecule has 4 rings (SSSR count). The van der Waals surface area contributed by atoms with E-state index in [0.29, 0.717) is 11.5 Å². The normalized spacial score (nSPS) is 14.0. The molecule has 0 unspecified atom stereocenters. The molecule has 1 aromatic heterocycles. The molecule has 1 aliphatic carbocycles. The standard InChI is InChI=1S/C19H18N2O2S/c1-24-11-12-2-4-13(5-3-12)18(22)20-15-8-9-17-16(10-15)21-19(23-17)14-6-7-14/h2-5,8-10,14H,6-7,11H2,1H3,(H,20,22). The van der Waals surface area contributed by atoms with E-state index in [1.165, 1.54) is 5.56 Å². The molecule has 5 heteroatoms. The second-order valence-corrected chi connectivity index (χ2v) is 6.96. The highest BCUT2D eigenvalue weighted by Gasteiger charge is 2.28. The molecule has 1 heterocycles. The molecule has 4 nitrogen and oxygen atoms in total. The first kappa shape index (κ1) is 15.3. The van der Waals surface area contributed by atoms with Crippen LogP contribution in [0.5, 0.6) is 0 Å². The number of aromatic nitrogens is 1. The van der Waals surface area contributed by atoms with Crippen LogP contribution in [0.15, 0.2) is 46.9 Å². The first-order valence-electron chi connectivity index (χ1n) is 8.02. The molecular formula is C19H18N2O2S. The number of amides is 1. The number of anilines is 1. The first-order chi connectivity index (χ1) is 11.7. The van der Waals surface area contributed by atoms with E-state index in [2.05, 4.69) is 16.6 Å². The van der Waals surface area contributed by atoms with Crippen LogP contribution in [0.1, 0.15) is 40.6 Å². The van der Waals surface area contributed by atoms with Crippen LogP contribution >= 0.6 is 11.8 Å². The minimum Gasteiger partial charge on any atom is -0.440 e. The average molecular weight is 338 g/mol. The second kappa shape index (κ2) is 6.32. The highest BCUT2D eigenvalue weighted by Crippen LogP contribution is 2.40. The molecule has 24 heavy (non-hydrogen) atoms. The summed E-state index contributed by atoms with van der Waals surface area (Å²) in [5, 5.41) is 2.93. The van der Waals surface area contributed by atoms with E-state index in [1.807, 2.05) is 42.5 Å². The van der Waals surface area contributed by atoms with Gasteiger partial charge in [-0.3, -0.25) is 4.79 Å². The number of thioether (sulfide) groups is 1. The summed E-state index contributed by atoms with van der Waals surface area (Å²) in [6, 6.07) is 13.3. The summed E-state index contributed by atoms with van der Waals surface area (Å²) in [6.45, 7) is 0. The van der Waals surface area contributed by atoms with Gasteiger partial charge in [0, 0.05) is 22.9 Å². The Balaban J connectivity index is 1.51. The quantitative estimate of drug-likeness (QED) is 0.724. The fourth-order valence-corrected chi connectivity index (χ4v) is 3.18. The monoisotopic (exact) mass is 338 g/mol. The number of oxazole rings is 1. The number of nitrogens with zero attached hydrogens (tertiary/aromatic N) is 1. The smallest absolute Gasteiger partial charge is 0.255 e. The summed E-state index contributed by atoms with van der Waals surface area (Å²) in [7, 11) is 0.